The van der Waals surface area contributed by atoms with E-state index in [2.05, 4.69) is 32.0 Å². The molecule has 3 rings (SSSR count). The highest BCUT2D eigenvalue weighted by Crippen LogP contribution is 2.26. The molecule has 0 unspecified atom stereocenters. The molecule has 3 heterocycles. The summed E-state index contributed by atoms with van der Waals surface area (Å²) in [5.41, 5.74) is 1.66. The Labute approximate surface area is 135 Å². The number of hydrogen-bond acceptors (Lipinski definition) is 4. The summed E-state index contributed by atoms with van der Waals surface area (Å²) in [6.07, 6.45) is 5.47. The summed E-state index contributed by atoms with van der Waals surface area (Å²) >= 11 is 0. The molecule has 2 amide bonds. The van der Waals surface area contributed by atoms with Crippen LogP contribution in [0.3, 0.4) is 0 Å². The van der Waals surface area contributed by atoms with Crippen LogP contribution in [0.1, 0.15) is 37.2 Å². The molecule has 23 heavy (non-hydrogen) atoms. The van der Waals surface area contributed by atoms with Gasteiger partial charge in [0, 0.05) is 43.1 Å². The van der Waals surface area contributed by atoms with Crippen LogP contribution in [0.25, 0.3) is 0 Å². The number of anilines is 1. The largest absolute Gasteiger partial charge is 0.324 e. The maximum absolute atomic E-state index is 12.5. The molecule has 1 aliphatic rings. The van der Waals surface area contributed by atoms with Gasteiger partial charge in [-0.2, -0.15) is 0 Å². The lowest BCUT2D eigenvalue weighted by atomic mass is 9.97. The number of pyridine rings is 1. The number of urea groups is 1. The number of aromatic nitrogens is 4. The first kappa shape index (κ1) is 15.5. The zero-order valence-corrected chi connectivity index (χ0v) is 13.6. The number of carbonyl (C=O) groups is 1. The predicted octanol–water partition coefficient (Wildman–Crippen LogP) is 2.41. The maximum atomic E-state index is 12.5. The molecular formula is C16H22N6O. The maximum Gasteiger partial charge on any atom is 0.321 e. The number of hydrogen-bond donors (Lipinski definition) is 1. The molecule has 7 heteroatoms. The highest BCUT2D eigenvalue weighted by atomic mass is 16.2. The van der Waals surface area contributed by atoms with Crippen molar-refractivity contribution in [1.82, 2.24) is 24.6 Å². The Bertz CT molecular complexity index is 683. The van der Waals surface area contributed by atoms with Crippen LogP contribution in [-0.4, -0.2) is 43.8 Å². The van der Waals surface area contributed by atoms with Gasteiger partial charge in [-0.1, -0.05) is 0 Å². The van der Waals surface area contributed by atoms with Crippen LogP contribution in [0.5, 0.6) is 0 Å². The molecule has 0 aliphatic carbocycles. The molecule has 0 bridgehead atoms. The van der Waals surface area contributed by atoms with E-state index in [0.29, 0.717) is 6.54 Å². The fraction of sp³-hybridized carbons (Fsp3) is 0.500. The van der Waals surface area contributed by atoms with E-state index < -0.39 is 0 Å². The van der Waals surface area contributed by atoms with Gasteiger partial charge < -0.3 is 14.8 Å². The van der Waals surface area contributed by atoms with Crippen molar-refractivity contribution in [3.05, 3.63) is 36.2 Å². The van der Waals surface area contributed by atoms with E-state index in [1.807, 2.05) is 17.9 Å². The van der Waals surface area contributed by atoms with Gasteiger partial charge in [-0.3, -0.25) is 4.98 Å². The second-order valence-electron chi connectivity index (χ2n) is 5.88. The molecule has 1 saturated heterocycles. The topological polar surface area (TPSA) is 75.9 Å². The molecule has 0 aromatic carbocycles. The Morgan fingerprint density at radius 2 is 2.35 bits per heavy atom. The molecule has 2 aromatic heterocycles. The third kappa shape index (κ3) is 3.49. The van der Waals surface area contributed by atoms with Crippen LogP contribution in [0, 0.1) is 6.92 Å². The van der Waals surface area contributed by atoms with Crippen LogP contribution >= 0.6 is 0 Å². The summed E-state index contributed by atoms with van der Waals surface area (Å²) in [6, 6.07) is 3.61. The average Bonchev–Trinajstić information content (AvgIpc) is 3.03. The fourth-order valence-electron chi connectivity index (χ4n) is 3.02. The van der Waals surface area contributed by atoms with Gasteiger partial charge in [-0.15, -0.1) is 10.2 Å². The van der Waals surface area contributed by atoms with Crippen molar-refractivity contribution in [2.45, 2.75) is 39.2 Å². The molecule has 122 valence electrons. The van der Waals surface area contributed by atoms with Gasteiger partial charge in [0.25, 0.3) is 0 Å². The van der Waals surface area contributed by atoms with Crippen molar-refractivity contribution in [1.29, 1.82) is 0 Å². The molecule has 1 atom stereocenters. The van der Waals surface area contributed by atoms with E-state index in [1.165, 1.54) is 0 Å². The first-order valence-corrected chi connectivity index (χ1v) is 8.03. The highest BCUT2D eigenvalue weighted by Gasteiger charge is 2.27. The number of likely N-dealkylation sites (tertiary alicyclic amines) is 1. The first-order valence-electron chi connectivity index (χ1n) is 8.03. The Hall–Kier alpha value is -2.44. The number of amides is 2. The number of carbonyl (C=O) groups excluding carboxylic acids is 1. The van der Waals surface area contributed by atoms with Gasteiger partial charge in [-0.25, -0.2) is 4.79 Å². The van der Waals surface area contributed by atoms with Gasteiger partial charge in [0.2, 0.25) is 0 Å². The zero-order valence-electron chi connectivity index (χ0n) is 13.6. The van der Waals surface area contributed by atoms with Gasteiger partial charge in [0.05, 0.1) is 0 Å². The quantitative estimate of drug-likeness (QED) is 0.944. The third-order valence-electron chi connectivity index (χ3n) is 4.21. The fourth-order valence-corrected chi connectivity index (χ4v) is 3.02. The Morgan fingerprint density at radius 1 is 1.48 bits per heavy atom. The first-order chi connectivity index (χ1) is 11.2. The zero-order chi connectivity index (χ0) is 16.2. The molecule has 2 aromatic rings. The standard InChI is InChI=1S/C16H22N6O/c1-3-21-11-18-20-15(21)13-5-4-8-22(10-13)16(23)19-14-6-7-17-12(2)9-14/h6-7,9,11,13H,3-5,8,10H2,1-2H3,(H,17,19,23)/t13-/m0/s1. The van der Waals surface area contributed by atoms with E-state index in [9.17, 15) is 4.79 Å². The molecule has 0 spiro atoms. The number of rotatable bonds is 3. The molecular weight excluding hydrogens is 292 g/mol. The minimum absolute atomic E-state index is 0.0668. The van der Waals surface area contributed by atoms with Crippen molar-refractivity contribution in [2.24, 2.45) is 0 Å². The van der Waals surface area contributed by atoms with E-state index in [1.54, 1.807) is 18.6 Å². The molecule has 7 nitrogen and oxygen atoms in total. The smallest absolute Gasteiger partial charge is 0.321 e. The summed E-state index contributed by atoms with van der Waals surface area (Å²) in [4.78, 5) is 18.5. The van der Waals surface area contributed by atoms with Crippen LogP contribution in [0.4, 0.5) is 10.5 Å². The van der Waals surface area contributed by atoms with Crippen LogP contribution < -0.4 is 5.32 Å². The average molecular weight is 314 g/mol. The van der Waals surface area contributed by atoms with E-state index in [-0.39, 0.29) is 11.9 Å². The Kier molecular flexibility index (Phi) is 4.55. The van der Waals surface area contributed by atoms with Crippen LogP contribution in [-0.2, 0) is 6.54 Å². The van der Waals surface area contributed by atoms with Crippen molar-refractivity contribution in [3.63, 3.8) is 0 Å². The van der Waals surface area contributed by atoms with Gasteiger partial charge in [0.1, 0.15) is 12.2 Å². The highest BCUT2D eigenvalue weighted by molar-refractivity contribution is 5.89. The molecule has 0 radical (unpaired) electrons. The SMILES string of the molecule is CCn1cnnc1[C@H]1CCCN(C(=O)Nc2ccnc(C)c2)C1. The van der Waals surface area contributed by atoms with Crippen molar-refractivity contribution in [3.8, 4) is 0 Å². The second kappa shape index (κ2) is 6.76. The third-order valence-corrected chi connectivity index (χ3v) is 4.21. The summed E-state index contributed by atoms with van der Waals surface area (Å²) in [5.74, 6) is 1.22. The predicted molar refractivity (Wildman–Crippen MR) is 87.2 cm³/mol. The summed E-state index contributed by atoms with van der Waals surface area (Å²) < 4.78 is 2.05. The number of piperidine rings is 1. The Morgan fingerprint density at radius 3 is 3.13 bits per heavy atom. The lowest BCUT2D eigenvalue weighted by Crippen LogP contribution is -2.42. The minimum atomic E-state index is -0.0668. The van der Waals surface area contributed by atoms with Crippen LogP contribution in [0.15, 0.2) is 24.7 Å². The minimum Gasteiger partial charge on any atom is -0.324 e. The summed E-state index contributed by atoms with van der Waals surface area (Å²) in [6.45, 7) is 6.28. The molecule has 0 saturated carbocycles. The number of nitrogens with zero attached hydrogens (tertiary/aromatic N) is 5. The van der Waals surface area contributed by atoms with Gasteiger partial charge in [0.15, 0.2) is 0 Å². The van der Waals surface area contributed by atoms with E-state index in [0.717, 1.165) is 43.1 Å². The lowest BCUT2D eigenvalue weighted by molar-refractivity contribution is 0.190. The van der Waals surface area contributed by atoms with Crippen molar-refractivity contribution >= 4 is 11.7 Å². The van der Waals surface area contributed by atoms with Crippen molar-refractivity contribution in [2.75, 3.05) is 18.4 Å². The number of nitrogens with one attached hydrogen (secondary N) is 1. The monoisotopic (exact) mass is 314 g/mol. The van der Waals surface area contributed by atoms with Crippen molar-refractivity contribution < 1.29 is 4.79 Å². The van der Waals surface area contributed by atoms with E-state index in [4.69, 9.17) is 0 Å². The Balaban J connectivity index is 1.67. The van der Waals surface area contributed by atoms with Crippen LogP contribution in [0.2, 0.25) is 0 Å². The summed E-state index contributed by atoms with van der Waals surface area (Å²) in [5, 5.41) is 11.2. The normalized spacial score (nSPS) is 18.0. The summed E-state index contributed by atoms with van der Waals surface area (Å²) in [7, 11) is 0. The molecule has 1 fully saturated rings. The molecule has 1 N–H and O–H groups in total. The van der Waals surface area contributed by atoms with Gasteiger partial charge in [-0.05, 0) is 38.8 Å². The van der Waals surface area contributed by atoms with E-state index >= 15 is 0 Å². The lowest BCUT2D eigenvalue weighted by Gasteiger charge is -2.32. The number of aryl methyl sites for hydroxylation is 2. The van der Waals surface area contributed by atoms with Gasteiger partial charge >= 0.3 is 6.03 Å². The second-order valence-corrected chi connectivity index (χ2v) is 5.88. The molecule has 1 aliphatic heterocycles.